The van der Waals surface area contributed by atoms with E-state index in [1.165, 1.54) is 12.4 Å². The Kier molecular flexibility index (Phi) is 4.86. The van der Waals surface area contributed by atoms with Crippen molar-refractivity contribution in [2.45, 2.75) is 6.92 Å². The zero-order valence-electron chi connectivity index (χ0n) is 13.0. The number of amides is 1. The van der Waals surface area contributed by atoms with Crippen LogP contribution in [0.25, 0.3) is 0 Å². The van der Waals surface area contributed by atoms with Crippen molar-refractivity contribution in [2.75, 3.05) is 10.6 Å². The maximum atomic E-state index is 12.2. The summed E-state index contributed by atoms with van der Waals surface area (Å²) in [7, 11) is 0. The SMILES string of the molecule is Cc1cccc(NC(=O)c2cnc(Nc3ccccc3Br)cn2)c1. The molecular formula is C18H15BrN4O. The van der Waals surface area contributed by atoms with Gasteiger partial charge in [-0.25, -0.2) is 9.97 Å². The van der Waals surface area contributed by atoms with Crippen molar-refractivity contribution in [1.29, 1.82) is 0 Å². The Balaban J connectivity index is 1.70. The van der Waals surface area contributed by atoms with Crippen LogP contribution in [0.15, 0.2) is 65.4 Å². The number of anilines is 3. The number of halogens is 1. The standard InChI is InChI=1S/C18H15BrN4O/c1-12-5-4-6-13(9-12)22-18(24)16-10-21-17(11-20-16)23-15-8-3-2-7-14(15)19/h2-11H,1H3,(H,21,23)(H,22,24). The van der Waals surface area contributed by atoms with Gasteiger partial charge in [0.05, 0.1) is 18.1 Å². The minimum absolute atomic E-state index is 0.259. The van der Waals surface area contributed by atoms with Crippen LogP contribution in [0.1, 0.15) is 16.1 Å². The molecule has 5 nitrogen and oxygen atoms in total. The average Bonchev–Trinajstić information content (AvgIpc) is 2.57. The Morgan fingerprint density at radius 2 is 1.88 bits per heavy atom. The summed E-state index contributed by atoms with van der Waals surface area (Å²) >= 11 is 3.46. The number of carbonyl (C=O) groups is 1. The number of aryl methyl sites for hydroxylation is 1. The van der Waals surface area contributed by atoms with Crippen molar-refractivity contribution < 1.29 is 4.79 Å². The zero-order chi connectivity index (χ0) is 16.9. The van der Waals surface area contributed by atoms with Crippen LogP contribution >= 0.6 is 15.9 Å². The summed E-state index contributed by atoms with van der Waals surface area (Å²) in [5.74, 6) is 0.273. The van der Waals surface area contributed by atoms with Crippen molar-refractivity contribution in [3.05, 3.63) is 76.7 Å². The Morgan fingerprint density at radius 1 is 1.04 bits per heavy atom. The fourth-order valence-corrected chi connectivity index (χ4v) is 2.51. The molecule has 1 amide bonds. The van der Waals surface area contributed by atoms with Gasteiger partial charge >= 0.3 is 0 Å². The summed E-state index contributed by atoms with van der Waals surface area (Å²) in [4.78, 5) is 20.6. The normalized spacial score (nSPS) is 10.2. The van der Waals surface area contributed by atoms with Crippen molar-refractivity contribution in [2.24, 2.45) is 0 Å². The Hall–Kier alpha value is -2.73. The second-order valence-corrected chi connectivity index (χ2v) is 6.07. The first kappa shape index (κ1) is 16.1. The highest BCUT2D eigenvalue weighted by Crippen LogP contribution is 2.24. The van der Waals surface area contributed by atoms with Crippen LogP contribution in [0, 0.1) is 6.92 Å². The summed E-state index contributed by atoms with van der Waals surface area (Å²) in [5.41, 5.74) is 2.95. The molecule has 6 heteroatoms. The molecule has 0 saturated heterocycles. The lowest BCUT2D eigenvalue weighted by Crippen LogP contribution is -2.14. The quantitative estimate of drug-likeness (QED) is 0.694. The fraction of sp³-hybridized carbons (Fsp3) is 0.0556. The molecule has 0 unspecified atom stereocenters. The Bertz CT molecular complexity index is 865. The number of hydrogen-bond donors (Lipinski definition) is 2. The molecule has 1 aromatic heterocycles. The van der Waals surface area contributed by atoms with E-state index in [-0.39, 0.29) is 11.6 Å². The summed E-state index contributed by atoms with van der Waals surface area (Å²) < 4.78 is 0.924. The van der Waals surface area contributed by atoms with Gasteiger partial charge in [0.1, 0.15) is 11.5 Å². The van der Waals surface area contributed by atoms with E-state index in [4.69, 9.17) is 0 Å². The third-order valence-corrected chi connectivity index (χ3v) is 3.99. The molecule has 0 aliphatic heterocycles. The van der Waals surface area contributed by atoms with Crippen molar-refractivity contribution in [3.8, 4) is 0 Å². The molecule has 3 rings (SSSR count). The van der Waals surface area contributed by atoms with Crippen LogP contribution in [0.2, 0.25) is 0 Å². The first-order valence-electron chi connectivity index (χ1n) is 7.33. The lowest BCUT2D eigenvalue weighted by Gasteiger charge is -2.08. The van der Waals surface area contributed by atoms with Crippen LogP contribution in [0.4, 0.5) is 17.2 Å². The predicted octanol–water partition coefficient (Wildman–Crippen LogP) is 4.54. The van der Waals surface area contributed by atoms with Gasteiger partial charge in [-0.3, -0.25) is 4.79 Å². The van der Waals surface area contributed by atoms with Crippen molar-refractivity contribution >= 4 is 39.0 Å². The predicted molar refractivity (Wildman–Crippen MR) is 98.6 cm³/mol. The van der Waals surface area contributed by atoms with Gasteiger partial charge in [0.25, 0.3) is 5.91 Å². The summed E-state index contributed by atoms with van der Waals surface area (Å²) in [6.07, 6.45) is 2.98. The highest BCUT2D eigenvalue weighted by atomic mass is 79.9. The number of rotatable bonds is 4. The molecular weight excluding hydrogens is 368 g/mol. The average molecular weight is 383 g/mol. The molecule has 0 aliphatic carbocycles. The van der Waals surface area contributed by atoms with Crippen LogP contribution in [-0.4, -0.2) is 15.9 Å². The number of aromatic nitrogens is 2. The van der Waals surface area contributed by atoms with Gasteiger partial charge in [0.15, 0.2) is 0 Å². The zero-order valence-corrected chi connectivity index (χ0v) is 14.5. The van der Waals surface area contributed by atoms with Crippen LogP contribution < -0.4 is 10.6 Å². The smallest absolute Gasteiger partial charge is 0.275 e. The van der Waals surface area contributed by atoms with E-state index in [1.807, 2.05) is 55.5 Å². The van der Waals surface area contributed by atoms with E-state index in [9.17, 15) is 4.79 Å². The molecule has 0 saturated carbocycles. The van der Waals surface area contributed by atoms with Gasteiger partial charge in [0, 0.05) is 10.2 Å². The van der Waals surface area contributed by atoms with E-state index in [0.717, 1.165) is 21.4 Å². The van der Waals surface area contributed by atoms with E-state index < -0.39 is 0 Å². The van der Waals surface area contributed by atoms with E-state index in [0.29, 0.717) is 5.82 Å². The van der Waals surface area contributed by atoms with Crippen molar-refractivity contribution in [3.63, 3.8) is 0 Å². The molecule has 3 aromatic rings. The molecule has 0 radical (unpaired) electrons. The van der Waals surface area contributed by atoms with Gasteiger partial charge in [-0.15, -0.1) is 0 Å². The van der Waals surface area contributed by atoms with Crippen LogP contribution in [-0.2, 0) is 0 Å². The highest BCUT2D eigenvalue weighted by Gasteiger charge is 2.09. The maximum absolute atomic E-state index is 12.2. The molecule has 0 bridgehead atoms. The Labute approximate surface area is 148 Å². The van der Waals surface area contributed by atoms with Crippen LogP contribution in [0.5, 0.6) is 0 Å². The molecule has 120 valence electrons. The number of hydrogen-bond acceptors (Lipinski definition) is 4. The van der Waals surface area contributed by atoms with Gasteiger partial charge in [-0.2, -0.15) is 0 Å². The number of nitrogens with zero attached hydrogens (tertiary/aromatic N) is 2. The maximum Gasteiger partial charge on any atom is 0.275 e. The minimum Gasteiger partial charge on any atom is -0.338 e. The monoisotopic (exact) mass is 382 g/mol. The lowest BCUT2D eigenvalue weighted by atomic mass is 10.2. The van der Waals surface area contributed by atoms with E-state index in [2.05, 4.69) is 36.5 Å². The molecule has 0 atom stereocenters. The lowest BCUT2D eigenvalue weighted by molar-refractivity contribution is 0.102. The van der Waals surface area contributed by atoms with Gasteiger partial charge in [0.2, 0.25) is 0 Å². The fourth-order valence-electron chi connectivity index (χ4n) is 2.13. The summed E-state index contributed by atoms with van der Waals surface area (Å²) in [5, 5.41) is 5.95. The number of para-hydroxylation sites is 1. The molecule has 0 spiro atoms. The number of carbonyl (C=O) groups excluding carboxylic acids is 1. The van der Waals surface area contributed by atoms with Crippen molar-refractivity contribution in [1.82, 2.24) is 9.97 Å². The van der Waals surface area contributed by atoms with Gasteiger partial charge in [-0.05, 0) is 52.7 Å². The third kappa shape index (κ3) is 3.97. The summed E-state index contributed by atoms with van der Waals surface area (Å²) in [6, 6.07) is 15.3. The van der Waals surface area contributed by atoms with Gasteiger partial charge in [-0.1, -0.05) is 24.3 Å². The molecule has 1 heterocycles. The Morgan fingerprint density at radius 3 is 2.58 bits per heavy atom. The second kappa shape index (κ2) is 7.23. The number of nitrogens with one attached hydrogen (secondary N) is 2. The number of benzene rings is 2. The minimum atomic E-state index is -0.291. The first-order valence-corrected chi connectivity index (χ1v) is 8.13. The second-order valence-electron chi connectivity index (χ2n) is 5.22. The first-order chi connectivity index (χ1) is 11.6. The summed E-state index contributed by atoms with van der Waals surface area (Å²) in [6.45, 7) is 1.97. The topological polar surface area (TPSA) is 66.9 Å². The molecule has 0 fully saturated rings. The van der Waals surface area contributed by atoms with Crippen LogP contribution in [0.3, 0.4) is 0 Å². The van der Waals surface area contributed by atoms with Gasteiger partial charge < -0.3 is 10.6 Å². The van der Waals surface area contributed by atoms with E-state index in [1.54, 1.807) is 0 Å². The molecule has 2 aromatic carbocycles. The molecule has 2 N–H and O–H groups in total. The molecule has 24 heavy (non-hydrogen) atoms. The highest BCUT2D eigenvalue weighted by molar-refractivity contribution is 9.10. The largest absolute Gasteiger partial charge is 0.338 e. The van der Waals surface area contributed by atoms with E-state index >= 15 is 0 Å². The third-order valence-electron chi connectivity index (χ3n) is 3.30. The molecule has 0 aliphatic rings.